The number of benzene rings is 2. The minimum Gasteiger partial charge on any atom is -0.506 e. The number of carbonyl (C=O) groups is 2. The zero-order chi connectivity index (χ0) is 25.2. The van der Waals surface area contributed by atoms with Crippen molar-refractivity contribution in [1.29, 1.82) is 0 Å². The molecule has 2 aliphatic carbocycles. The molecule has 3 atom stereocenters. The molecule has 8 heteroatoms. The summed E-state index contributed by atoms with van der Waals surface area (Å²) in [6.45, 7) is 2.70. The smallest absolute Gasteiger partial charge is 0.446 e. The molecule has 1 saturated heterocycles. The van der Waals surface area contributed by atoms with Gasteiger partial charge in [0.25, 0.3) is 0 Å². The van der Waals surface area contributed by atoms with Crippen molar-refractivity contribution in [2.24, 2.45) is 5.92 Å². The van der Waals surface area contributed by atoms with Crippen LogP contribution in [0.4, 0.5) is 24.5 Å². The Hall–Kier alpha value is -2.87. The van der Waals surface area contributed by atoms with Crippen LogP contribution in [-0.4, -0.2) is 35.9 Å². The largest absolute Gasteiger partial charge is 0.506 e. The van der Waals surface area contributed by atoms with Gasteiger partial charge in [-0.05, 0) is 86.0 Å². The Kier molecular flexibility index (Phi) is 7.22. The van der Waals surface area contributed by atoms with Gasteiger partial charge in [-0.1, -0.05) is 25.0 Å². The van der Waals surface area contributed by atoms with Gasteiger partial charge in [0.2, 0.25) is 6.29 Å². The second-order valence-corrected chi connectivity index (χ2v) is 9.91. The molecule has 188 valence electrons. The van der Waals surface area contributed by atoms with Gasteiger partial charge in [-0.15, -0.1) is 0 Å². The van der Waals surface area contributed by atoms with Gasteiger partial charge >= 0.3 is 6.18 Å². The lowest BCUT2D eigenvalue weighted by molar-refractivity contribution is -0.156. The lowest BCUT2D eigenvalue weighted by Gasteiger charge is -2.56. The van der Waals surface area contributed by atoms with Crippen molar-refractivity contribution in [3.05, 3.63) is 53.1 Å². The average Bonchev–Trinajstić information content (AvgIpc) is 2.81. The first-order valence-corrected chi connectivity index (χ1v) is 12.1. The van der Waals surface area contributed by atoms with Crippen LogP contribution in [0.2, 0.25) is 0 Å². The highest BCUT2D eigenvalue weighted by atomic mass is 19.4. The molecular weight excluding hydrogens is 457 g/mol. The van der Waals surface area contributed by atoms with E-state index in [0.717, 1.165) is 29.9 Å². The van der Waals surface area contributed by atoms with Gasteiger partial charge in [0.1, 0.15) is 11.5 Å². The first-order chi connectivity index (χ1) is 16.6. The van der Waals surface area contributed by atoms with Crippen molar-refractivity contribution in [2.45, 2.75) is 69.5 Å². The molecular formula is C27H31F3N2O3. The van der Waals surface area contributed by atoms with Crippen LogP contribution in [0.25, 0.3) is 0 Å². The maximum absolute atomic E-state index is 11.3. The van der Waals surface area contributed by atoms with E-state index in [1.807, 2.05) is 24.3 Å². The van der Waals surface area contributed by atoms with Crippen LogP contribution in [0, 0.1) is 5.92 Å². The Labute approximate surface area is 203 Å². The Morgan fingerprint density at radius 2 is 1.91 bits per heavy atom. The number of phenols is 1. The van der Waals surface area contributed by atoms with Crippen molar-refractivity contribution in [3.63, 3.8) is 0 Å². The monoisotopic (exact) mass is 488 g/mol. The summed E-state index contributed by atoms with van der Waals surface area (Å²) in [7, 11) is 0. The number of alkyl halides is 3. The SMILES string of the molecule is CC(=O)Cc1ccc(Nc2cc3c(cc2O)[C@]24CCCC[C@@H]2[C@H](C3)NCC4)cc1.O=CC(F)(F)F. The molecule has 2 aromatic rings. The minimum absolute atomic E-state index is 0.164. The van der Waals surface area contributed by atoms with E-state index in [-0.39, 0.29) is 11.2 Å². The first-order valence-electron chi connectivity index (χ1n) is 12.1. The van der Waals surface area contributed by atoms with Crippen LogP contribution in [0.1, 0.15) is 55.7 Å². The molecule has 5 rings (SSSR count). The van der Waals surface area contributed by atoms with Gasteiger partial charge in [0.15, 0.2) is 0 Å². The van der Waals surface area contributed by atoms with E-state index < -0.39 is 12.5 Å². The Bertz CT molecular complexity index is 1080. The molecule has 3 N–H and O–H groups in total. The lowest BCUT2D eigenvalue weighted by atomic mass is 9.53. The fourth-order valence-corrected chi connectivity index (χ4v) is 6.22. The summed E-state index contributed by atoms with van der Waals surface area (Å²) < 4.78 is 31.2. The highest BCUT2D eigenvalue weighted by Gasteiger charge is 2.51. The van der Waals surface area contributed by atoms with Crippen LogP contribution in [0.3, 0.4) is 0 Å². The van der Waals surface area contributed by atoms with Crippen molar-refractivity contribution >= 4 is 23.4 Å². The Morgan fingerprint density at radius 1 is 1.20 bits per heavy atom. The number of hydrogen-bond donors (Lipinski definition) is 3. The molecule has 1 heterocycles. The van der Waals surface area contributed by atoms with Crippen molar-refractivity contribution < 1.29 is 27.9 Å². The van der Waals surface area contributed by atoms with Gasteiger partial charge in [0, 0.05) is 23.6 Å². The van der Waals surface area contributed by atoms with Gasteiger partial charge in [-0.25, -0.2) is 0 Å². The van der Waals surface area contributed by atoms with Gasteiger partial charge in [0.05, 0.1) is 5.69 Å². The number of carbonyl (C=O) groups excluding carboxylic acids is 2. The zero-order valence-corrected chi connectivity index (χ0v) is 19.8. The number of nitrogens with one attached hydrogen (secondary N) is 2. The number of halogens is 3. The summed E-state index contributed by atoms with van der Waals surface area (Å²) in [6, 6.07) is 12.7. The summed E-state index contributed by atoms with van der Waals surface area (Å²) in [5, 5.41) is 18.0. The number of anilines is 2. The van der Waals surface area contributed by atoms with E-state index in [1.165, 1.54) is 43.2 Å². The minimum atomic E-state index is -4.64. The van der Waals surface area contributed by atoms with Crippen LogP contribution < -0.4 is 10.6 Å². The molecule has 2 fully saturated rings. The highest BCUT2D eigenvalue weighted by Crippen LogP contribution is 2.55. The number of Topliss-reactive ketones (excluding diaryl/α,β-unsaturated/α-hetero) is 1. The number of phenolic OH excluding ortho intramolecular Hbond substituents is 1. The van der Waals surface area contributed by atoms with Crippen LogP contribution in [0.15, 0.2) is 36.4 Å². The molecule has 35 heavy (non-hydrogen) atoms. The number of piperidine rings is 1. The summed E-state index contributed by atoms with van der Waals surface area (Å²) in [5.41, 5.74) is 5.75. The normalized spacial score (nSPS) is 24.8. The number of hydrogen-bond acceptors (Lipinski definition) is 5. The molecule has 3 aliphatic rings. The molecule has 5 nitrogen and oxygen atoms in total. The zero-order valence-electron chi connectivity index (χ0n) is 19.8. The fraction of sp³-hybridized carbons (Fsp3) is 0.481. The van der Waals surface area contributed by atoms with Crippen LogP contribution in [0.5, 0.6) is 5.75 Å². The van der Waals surface area contributed by atoms with Gasteiger partial charge in [-0.3, -0.25) is 9.59 Å². The quantitative estimate of drug-likeness (QED) is 0.399. The molecule has 0 amide bonds. The fourth-order valence-electron chi connectivity index (χ4n) is 6.22. The third-order valence-electron chi connectivity index (χ3n) is 7.58. The van der Waals surface area contributed by atoms with Gasteiger partial charge < -0.3 is 15.7 Å². The van der Waals surface area contributed by atoms with E-state index in [9.17, 15) is 23.1 Å². The maximum atomic E-state index is 11.3. The second-order valence-electron chi connectivity index (χ2n) is 9.91. The van der Waals surface area contributed by atoms with E-state index in [4.69, 9.17) is 4.79 Å². The lowest BCUT2D eigenvalue weighted by Crippen LogP contribution is -2.59. The van der Waals surface area contributed by atoms with Crippen molar-refractivity contribution in [3.8, 4) is 5.75 Å². The second kappa shape index (κ2) is 10.0. The van der Waals surface area contributed by atoms with Gasteiger partial charge in [-0.2, -0.15) is 13.2 Å². The molecule has 0 spiro atoms. The maximum Gasteiger partial charge on any atom is 0.446 e. The summed E-state index contributed by atoms with van der Waals surface area (Å²) >= 11 is 0. The van der Waals surface area contributed by atoms with Crippen LogP contribution >= 0.6 is 0 Å². The average molecular weight is 489 g/mol. The number of aromatic hydroxyl groups is 1. The highest BCUT2D eigenvalue weighted by molar-refractivity contribution is 5.78. The summed E-state index contributed by atoms with van der Waals surface area (Å²) in [5.74, 6) is 1.22. The first kappa shape index (κ1) is 25.2. The van der Waals surface area contributed by atoms with Crippen molar-refractivity contribution in [1.82, 2.24) is 5.32 Å². The standard InChI is InChI=1S/C25H30N2O2.C2HF3O/c1-16(28)12-17-5-7-19(8-6-17)27-23-14-18-13-22-20-4-2-3-9-25(20,10-11-26-22)21(18)15-24(23)29;3-2(4,5)1-6/h5-8,14-15,20,22,26-27,29H,2-4,9-13H2,1H3;1H/t20-,22+,25+;/m1./s1. The van der Waals surface area contributed by atoms with E-state index in [2.05, 4.69) is 22.8 Å². The number of ketones is 1. The van der Waals surface area contributed by atoms with E-state index >= 15 is 0 Å². The van der Waals surface area contributed by atoms with Crippen molar-refractivity contribution in [2.75, 3.05) is 11.9 Å². The predicted octanol–water partition coefficient (Wildman–Crippen LogP) is 5.36. The topological polar surface area (TPSA) is 78.4 Å². The van der Waals surface area contributed by atoms with E-state index in [0.29, 0.717) is 24.1 Å². The molecule has 2 bridgehead atoms. The molecule has 2 aromatic carbocycles. The Morgan fingerprint density at radius 3 is 2.57 bits per heavy atom. The molecule has 0 radical (unpaired) electrons. The predicted molar refractivity (Wildman–Crippen MR) is 128 cm³/mol. The number of aldehydes is 1. The Balaban J connectivity index is 0.000000431. The molecule has 1 saturated carbocycles. The number of rotatable bonds is 4. The molecule has 0 unspecified atom stereocenters. The molecule has 0 aromatic heterocycles. The summed E-state index contributed by atoms with van der Waals surface area (Å²) in [6.07, 6.45) is 2.20. The number of fused-ring (bicyclic) bond motifs is 1. The van der Waals surface area contributed by atoms with Crippen LogP contribution in [-0.2, 0) is 27.8 Å². The third kappa shape index (κ3) is 5.53. The third-order valence-corrected chi connectivity index (χ3v) is 7.58. The van der Waals surface area contributed by atoms with E-state index in [1.54, 1.807) is 6.92 Å². The summed E-state index contributed by atoms with van der Waals surface area (Å²) in [4.78, 5) is 20.0. The molecule has 1 aliphatic heterocycles.